The van der Waals surface area contributed by atoms with E-state index < -0.39 is 5.60 Å². The summed E-state index contributed by atoms with van der Waals surface area (Å²) < 4.78 is 5.76. The van der Waals surface area contributed by atoms with Gasteiger partial charge in [-0.1, -0.05) is 24.6 Å². The highest BCUT2D eigenvalue weighted by Gasteiger charge is 2.37. The summed E-state index contributed by atoms with van der Waals surface area (Å²) in [4.78, 5) is 4.74. The second-order valence-corrected chi connectivity index (χ2v) is 8.07. The Morgan fingerprint density at radius 2 is 2.04 bits per heavy atom. The lowest BCUT2D eigenvalue weighted by molar-refractivity contribution is 0.0534. The zero-order chi connectivity index (χ0) is 17.9. The zero-order valence-electron chi connectivity index (χ0n) is 15.7. The Hall–Kier alpha value is -1.13. The predicted octanol–water partition coefficient (Wildman–Crippen LogP) is 3.35. The second-order valence-electron chi connectivity index (χ2n) is 8.07. The summed E-state index contributed by atoms with van der Waals surface area (Å²) in [6, 6.07) is 0.172. The molecule has 0 fully saturated rings. The molecule has 0 radical (unpaired) electrons. The first-order chi connectivity index (χ1) is 11.2. The van der Waals surface area contributed by atoms with Crippen LogP contribution in [0.15, 0.2) is 28.8 Å². The van der Waals surface area contributed by atoms with Crippen molar-refractivity contribution in [3.05, 3.63) is 23.8 Å². The molecular formula is C20H33NO3. The standard InChI is InChI=1S/C20H33NO3/c1-13-11-18(24-10-9-20(4,5)23)21-15(3)19(13)17-8-6-7-16(12-22)14(17)2/h6-7,11,14-17,19,22-23H,8-10,12H2,1-5H3/t14-,15?,16?,17?,19?/m0/s1. The highest BCUT2D eigenvalue weighted by atomic mass is 16.5. The third kappa shape index (κ3) is 4.70. The number of aliphatic imine (C=N–C) groups is 1. The molecule has 4 nitrogen and oxygen atoms in total. The summed E-state index contributed by atoms with van der Waals surface area (Å²) in [5.41, 5.74) is 0.588. The van der Waals surface area contributed by atoms with Gasteiger partial charge in [-0.25, -0.2) is 4.99 Å². The molecule has 136 valence electrons. The van der Waals surface area contributed by atoms with Crippen molar-refractivity contribution in [2.45, 2.75) is 59.1 Å². The topological polar surface area (TPSA) is 62.0 Å². The first-order valence-corrected chi connectivity index (χ1v) is 9.11. The van der Waals surface area contributed by atoms with Crippen LogP contribution in [0.4, 0.5) is 0 Å². The minimum atomic E-state index is -0.717. The molecule has 1 heterocycles. The normalized spacial score (nSPS) is 33.9. The van der Waals surface area contributed by atoms with Gasteiger partial charge in [0.15, 0.2) is 0 Å². The first-order valence-electron chi connectivity index (χ1n) is 9.11. The van der Waals surface area contributed by atoms with Crippen LogP contribution in [0.3, 0.4) is 0 Å². The predicted molar refractivity (Wildman–Crippen MR) is 98.0 cm³/mol. The fraction of sp³-hybridized carbons (Fsp3) is 0.750. The summed E-state index contributed by atoms with van der Waals surface area (Å²) in [5, 5.41) is 19.4. The van der Waals surface area contributed by atoms with E-state index in [0.29, 0.717) is 36.7 Å². The number of rotatable bonds is 5. The molecule has 24 heavy (non-hydrogen) atoms. The van der Waals surface area contributed by atoms with Crippen molar-refractivity contribution in [1.29, 1.82) is 0 Å². The third-order valence-electron chi connectivity index (χ3n) is 5.51. The summed E-state index contributed by atoms with van der Waals surface area (Å²) in [6.07, 6.45) is 8.04. The van der Waals surface area contributed by atoms with E-state index >= 15 is 0 Å². The Morgan fingerprint density at radius 1 is 1.33 bits per heavy atom. The van der Waals surface area contributed by atoms with Crippen LogP contribution in [0.5, 0.6) is 0 Å². The van der Waals surface area contributed by atoms with Gasteiger partial charge in [0.25, 0.3) is 0 Å². The average Bonchev–Trinajstić information content (AvgIpc) is 2.47. The monoisotopic (exact) mass is 335 g/mol. The summed E-state index contributed by atoms with van der Waals surface area (Å²) in [5.74, 6) is 2.26. The lowest BCUT2D eigenvalue weighted by Gasteiger charge is -2.40. The highest BCUT2D eigenvalue weighted by molar-refractivity contribution is 5.89. The van der Waals surface area contributed by atoms with E-state index in [1.165, 1.54) is 5.57 Å². The van der Waals surface area contributed by atoms with E-state index in [2.05, 4.69) is 32.9 Å². The van der Waals surface area contributed by atoms with Crippen molar-refractivity contribution in [2.24, 2.45) is 28.7 Å². The Kier molecular flexibility index (Phi) is 6.27. The van der Waals surface area contributed by atoms with Crippen LogP contribution >= 0.6 is 0 Å². The Bertz CT molecular complexity index is 515. The molecule has 0 aromatic heterocycles. The van der Waals surface area contributed by atoms with Crippen LogP contribution in [-0.2, 0) is 4.74 Å². The van der Waals surface area contributed by atoms with Crippen LogP contribution < -0.4 is 0 Å². The molecule has 0 aromatic carbocycles. The van der Waals surface area contributed by atoms with Crippen molar-refractivity contribution >= 4 is 5.90 Å². The maximum absolute atomic E-state index is 9.78. The number of allylic oxidation sites excluding steroid dienone is 1. The molecule has 0 amide bonds. The fourth-order valence-corrected chi connectivity index (χ4v) is 3.99. The SMILES string of the molecule is CC1=CC(OCCC(C)(C)O)=NC(C)C1C1CC=CC(CO)[C@@H]1C. The largest absolute Gasteiger partial charge is 0.478 e. The molecule has 0 spiro atoms. The number of hydrogen-bond acceptors (Lipinski definition) is 4. The Balaban J connectivity index is 2.03. The Labute approximate surface area is 146 Å². The van der Waals surface area contributed by atoms with Gasteiger partial charge in [0.2, 0.25) is 5.90 Å². The summed E-state index contributed by atoms with van der Waals surface area (Å²) >= 11 is 0. The molecule has 1 aliphatic carbocycles. The summed E-state index contributed by atoms with van der Waals surface area (Å²) in [7, 11) is 0. The average molecular weight is 335 g/mol. The second kappa shape index (κ2) is 7.83. The smallest absolute Gasteiger partial charge is 0.208 e. The van der Waals surface area contributed by atoms with E-state index in [4.69, 9.17) is 9.73 Å². The van der Waals surface area contributed by atoms with E-state index in [1.54, 1.807) is 13.8 Å². The van der Waals surface area contributed by atoms with E-state index in [-0.39, 0.29) is 18.6 Å². The highest BCUT2D eigenvalue weighted by Crippen LogP contribution is 2.41. The van der Waals surface area contributed by atoms with Crippen molar-refractivity contribution in [3.8, 4) is 0 Å². The van der Waals surface area contributed by atoms with Gasteiger partial charge in [0.05, 0.1) is 18.2 Å². The third-order valence-corrected chi connectivity index (χ3v) is 5.51. The number of ether oxygens (including phenoxy) is 1. The quantitative estimate of drug-likeness (QED) is 0.758. The van der Waals surface area contributed by atoms with Gasteiger partial charge >= 0.3 is 0 Å². The van der Waals surface area contributed by atoms with Gasteiger partial charge < -0.3 is 14.9 Å². The van der Waals surface area contributed by atoms with Crippen LogP contribution in [0.2, 0.25) is 0 Å². The van der Waals surface area contributed by atoms with E-state index in [0.717, 1.165) is 6.42 Å². The van der Waals surface area contributed by atoms with E-state index in [9.17, 15) is 10.2 Å². The van der Waals surface area contributed by atoms with Crippen molar-refractivity contribution in [2.75, 3.05) is 13.2 Å². The lowest BCUT2D eigenvalue weighted by atomic mass is 9.67. The molecule has 0 saturated carbocycles. The van der Waals surface area contributed by atoms with Crippen molar-refractivity contribution in [3.63, 3.8) is 0 Å². The van der Waals surface area contributed by atoms with Gasteiger partial charge in [0, 0.05) is 24.9 Å². The molecule has 0 bridgehead atoms. The van der Waals surface area contributed by atoms with Gasteiger partial charge in [-0.05, 0) is 52.0 Å². The van der Waals surface area contributed by atoms with Gasteiger partial charge in [-0.2, -0.15) is 0 Å². The molecule has 2 rings (SSSR count). The number of hydrogen-bond donors (Lipinski definition) is 2. The molecule has 2 aliphatic rings. The van der Waals surface area contributed by atoms with Crippen molar-refractivity contribution in [1.82, 2.24) is 0 Å². The summed E-state index contributed by atoms with van der Waals surface area (Å²) in [6.45, 7) is 10.8. The number of nitrogens with zero attached hydrogens (tertiary/aromatic N) is 1. The van der Waals surface area contributed by atoms with Gasteiger partial charge in [0.1, 0.15) is 0 Å². The van der Waals surface area contributed by atoms with Crippen LogP contribution in [0.25, 0.3) is 0 Å². The Morgan fingerprint density at radius 3 is 2.62 bits per heavy atom. The first kappa shape index (κ1) is 19.2. The molecule has 2 N–H and O–H groups in total. The molecule has 5 atom stereocenters. The minimum Gasteiger partial charge on any atom is -0.478 e. The minimum absolute atomic E-state index is 0.172. The number of aliphatic hydroxyl groups is 2. The number of aliphatic hydroxyl groups excluding tert-OH is 1. The maximum atomic E-state index is 9.78. The molecule has 1 aliphatic heterocycles. The number of dihydropyridines is 1. The molecule has 0 aromatic rings. The molecular weight excluding hydrogens is 302 g/mol. The van der Waals surface area contributed by atoms with Crippen LogP contribution in [0.1, 0.15) is 47.5 Å². The van der Waals surface area contributed by atoms with Gasteiger partial charge in [-0.3, -0.25) is 0 Å². The van der Waals surface area contributed by atoms with Crippen molar-refractivity contribution < 1.29 is 14.9 Å². The molecule has 4 unspecified atom stereocenters. The maximum Gasteiger partial charge on any atom is 0.208 e. The molecule has 4 heteroatoms. The zero-order valence-corrected chi connectivity index (χ0v) is 15.7. The van der Waals surface area contributed by atoms with Crippen LogP contribution in [-0.4, -0.2) is 41.0 Å². The lowest BCUT2D eigenvalue weighted by Crippen LogP contribution is -2.37. The fourth-order valence-electron chi connectivity index (χ4n) is 3.99. The molecule has 0 saturated heterocycles. The van der Waals surface area contributed by atoms with Gasteiger partial charge in [-0.15, -0.1) is 0 Å². The van der Waals surface area contributed by atoms with E-state index in [1.807, 2.05) is 6.08 Å². The van der Waals surface area contributed by atoms with Crippen LogP contribution in [0, 0.1) is 23.7 Å².